The third-order valence-electron chi connectivity index (χ3n) is 4.76. The number of hydrogen-bond acceptors (Lipinski definition) is 5. The zero-order valence-corrected chi connectivity index (χ0v) is 20.3. The van der Waals surface area contributed by atoms with Crippen molar-refractivity contribution in [3.05, 3.63) is 74.1 Å². The number of nitrogens with one attached hydrogen (secondary N) is 2. The van der Waals surface area contributed by atoms with E-state index in [1.807, 2.05) is 35.2 Å². The Labute approximate surface area is 202 Å². The van der Waals surface area contributed by atoms with E-state index in [0.29, 0.717) is 15.8 Å². The standard InChI is InChI=1S/C21H18BrClN4O2S2/c1-29-11-18(28)25-14-6-5-12(10-13(14)23)27-20(16-7-8-17(22)31-16)19(26-21(27)30)15-4-2-3-9-24-15/h2-10,19-20H,11H2,1H3,(H,25,28)(H,26,30)/t19-,20+/m0/s1. The number of carbonyl (C=O) groups excluding carboxylic acids is 1. The topological polar surface area (TPSA) is 66.5 Å². The summed E-state index contributed by atoms with van der Waals surface area (Å²) in [4.78, 5) is 19.6. The van der Waals surface area contributed by atoms with Crippen molar-refractivity contribution in [3.8, 4) is 0 Å². The first-order chi connectivity index (χ1) is 15.0. The lowest BCUT2D eigenvalue weighted by Crippen LogP contribution is -2.29. The van der Waals surface area contributed by atoms with Crippen LogP contribution in [0.25, 0.3) is 0 Å². The Kier molecular flexibility index (Phi) is 6.88. The number of ether oxygens (including phenoxy) is 1. The molecule has 2 N–H and O–H groups in total. The molecule has 0 radical (unpaired) electrons. The minimum atomic E-state index is -0.271. The SMILES string of the molecule is COCC(=O)Nc1ccc(N2C(=S)N[C@@H](c3ccccn3)[C@H]2c2ccc(Br)s2)cc1Cl. The van der Waals surface area contributed by atoms with Crippen LogP contribution in [0.5, 0.6) is 0 Å². The second kappa shape index (κ2) is 9.62. The highest BCUT2D eigenvalue weighted by Crippen LogP contribution is 2.45. The highest BCUT2D eigenvalue weighted by atomic mass is 79.9. The van der Waals surface area contributed by atoms with Crippen molar-refractivity contribution in [2.24, 2.45) is 0 Å². The molecule has 2 atom stereocenters. The van der Waals surface area contributed by atoms with Crippen molar-refractivity contribution >= 4 is 73.5 Å². The predicted molar refractivity (Wildman–Crippen MR) is 132 cm³/mol. The second-order valence-corrected chi connectivity index (χ2v) is 10.1. The van der Waals surface area contributed by atoms with E-state index in [1.54, 1.807) is 29.7 Å². The van der Waals surface area contributed by atoms with Gasteiger partial charge in [-0.05, 0) is 70.6 Å². The quantitative estimate of drug-likeness (QED) is 0.415. The smallest absolute Gasteiger partial charge is 0.250 e. The Morgan fingerprint density at radius 2 is 2.19 bits per heavy atom. The molecule has 1 amide bonds. The maximum atomic E-state index is 11.9. The van der Waals surface area contributed by atoms with Gasteiger partial charge >= 0.3 is 0 Å². The third kappa shape index (κ3) is 4.75. The monoisotopic (exact) mass is 536 g/mol. The maximum Gasteiger partial charge on any atom is 0.250 e. The van der Waals surface area contributed by atoms with Gasteiger partial charge in [-0.2, -0.15) is 0 Å². The van der Waals surface area contributed by atoms with Gasteiger partial charge in [0.05, 0.1) is 32.3 Å². The van der Waals surface area contributed by atoms with Crippen LogP contribution < -0.4 is 15.5 Å². The molecule has 0 aliphatic carbocycles. The molecule has 1 fully saturated rings. The van der Waals surface area contributed by atoms with Gasteiger partial charge in [-0.3, -0.25) is 9.78 Å². The molecular weight excluding hydrogens is 520 g/mol. The van der Waals surface area contributed by atoms with Crippen molar-refractivity contribution in [2.75, 3.05) is 23.9 Å². The number of methoxy groups -OCH3 is 1. The van der Waals surface area contributed by atoms with Crippen LogP contribution in [0, 0.1) is 0 Å². The average Bonchev–Trinajstić information content (AvgIpc) is 3.33. The highest BCUT2D eigenvalue weighted by molar-refractivity contribution is 9.11. The van der Waals surface area contributed by atoms with Crippen molar-refractivity contribution in [3.63, 3.8) is 0 Å². The van der Waals surface area contributed by atoms with Gasteiger partial charge in [-0.25, -0.2) is 0 Å². The van der Waals surface area contributed by atoms with E-state index in [2.05, 4.69) is 37.6 Å². The van der Waals surface area contributed by atoms with Crippen LogP contribution in [0.2, 0.25) is 5.02 Å². The van der Waals surface area contributed by atoms with E-state index < -0.39 is 0 Å². The molecule has 4 rings (SSSR count). The first kappa shape index (κ1) is 22.2. The number of benzene rings is 1. The number of anilines is 2. The highest BCUT2D eigenvalue weighted by Gasteiger charge is 2.41. The lowest BCUT2D eigenvalue weighted by molar-refractivity contribution is -0.119. The number of thiocarbonyl (C=S) groups is 1. The Bertz CT molecular complexity index is 1110. The summed E-state index contributed by atoms with van der Waals surface area (Å²) in [6, 6.07) is 15.2. The molecule has 0 unspecified atom stereocenters. The molecule has 1 saturated heterocycles. The molecule has 31 heavy (non-hydrogen) atoms. The van der Waals surface area contributed by atoms with Gasteiger partial charge in [0.1, 0.15) is 6.61 Å². The Morgan fingerprint density at radius 3 is 2.84 bits per heavy atom. The van der Waals surface area contributed by atoms with Gasteiger partial charge in [-0.1, -0.05) is 17.7 Å². The van der Waals surface area contributed by atoms with Crippen LogP contribution in [0.15, 0.2) is 58.5 Å². The van der Waals surface area contributed by atoms with E-state index in [0.717, 1.165) is 20.0 Å². The molecule has 0 bridgehead atoms. The van der Waals surface area contributed by atoms with Gasteiger partial charge in [0.25, 0.3) is 0 Å². The summed E-state index contributed by atoms with van der Waals surface area (Å²) in [5, 5.41) is 7.16. The van der Waals surface area contributed by atoms with E-state index in [9.17, 15) is 4.79 Å². The summed E-state index contributed by atoms with van der Waals surface area (Å²) < 4.78 is 5.89. The Hall–Kier alpha value is -2.04. The number of rotatable bonds is 6. The zero-order valence-electron chi connectivity index (χ0n) is 16.3. The number of hydrogen-bond donors (Lipinski definition) is 2. The summed E-state index contributed by atoms with van der Waals surface area (Å²) in [6.07, 6.45) is 1.78. The number of carbonyl (C=O) groups is 1. The number of halogens is 2. The van der Waals surface area contributed by atoms with E-state index in [-0.39, 0.29) is 24.6 Å². The van der Waals surface area contributed by atoms with Crippen LogP contribution in [-0.4, -0.2) is 29.7 Å². The lowest BCUT2D eigenvalue weighted by Gasteiger charge is -2.27. The van der Waals surface area contributed by atoms with Crippen LogP contribution >= 0.6 is 51.1 Å². The molecule has 2 aromatic heterocycles. The maximum absolute atomic E-state index is 11.9. The number of amides is 1. The molecule has 0 spiro atoms. The fraction of sp³-hybridized carbons (Fsp3) is 0.190. The van der Waals surface area contributed by atoms with Crippen molar-refractivity contribution in [2.45, 2.75) is 12.1 Å². The van der Waals surface area contributed by atoms with E-state index in [4.69, 9.17) is 28.6 Å². The summed E-state index contributed by atoms with van der Waals surface area (Å²) >= 11 is 17.4. The molecule has 1 aromatic carbocycles. The Balaban J connectivity index is 1.71. The summed E-state index contributed by atoms with van der Waals surface area (Å²) in [6.45, 7) is -0.0424. The van der Waals surface area contributed by atoms with Crippen LogP contribution in [0.3, 0.4) is 0 Å². The molecule has 10 heteroatoms. The minimum Gasteiger partial charge on any atom is -0.375 e. The summed E-state index contributed by atoms with van der Waals surface area (Å²) in [7, 11) is 1.46. The zero-order chi connectivity index (χ0) is 22.0. The van der Waals surface area contributed by atoms with Gasteiger partial charge in [0.2, 0.25) is 5.91 Å². The number of thiophene rings is 1. The van der Waals surface area contributed by atoms with Crippen molar-refractivity contribution in [1.82, 2.24) is 10.3 Å². The molecule has 3 aromatic rings. The van der Waals surface area contributed by atoms with E-state index in [1.165, 1.54) is 7.11 Å². The molecule has 3 heterocycles. The fourth-order valence-electron chi connectivity index (χ4n) is 3.48. The average molecular weight is 538 g/mol. The number of aromatic nitrogens is 1. The van der Waals surface area contributed by atoms with Crippen molar-refractivity contribution in [1.29, 1.82) is 0 Å². The molecule has 160 valence electrons. The fourth-order valence-corrected chi connectivity index (χ4v) is 5.60. The van der Waals surface area contributed by atoms with Crippen LogP contribution in [-0.2, 0) is 9.53 Å². The van der Waals surface area contributed by atoms with Gasteiger partial charge in [0, 0.05) is 23.9 Å². The first-order valence-corrected chi connectivity index (χ1v) is 11.7. The largest absolute Gasteiger partial charge is 0.375 e. The normalized spacial score (nSPS) is 18.2. The van der Waals surface area contributed by atoms with Crippen molar-refractivity contribution < 1.29 is 9.53 Å². The van der Waals surface area contributed by atoms with E-state index >= 15 is 0 Å². The molecule has 1 aliphatic heterocycles. The summed E-state index contributed by atoms with van der Waals surface area (Å²) in [5.74, 6) is -0.271. The lowest BCUT2D eigenvalue weighted by atomic mass is 10.0. The molecular formula is C21H18BrClN4O2S2. The van der Waals surface area contributed by atoms with Gasteiger partial charge in [0.15, 0.2) is 5.11 Å². The van der Waals surface area contributed by atoms with Gasteiger partial charge in [-0.15, -0.1) is 11.3 Å². The summed E-state index contributed by atoms with van der Waals surface area (Å²) in [5.41, 5.74) is 2.24. The van der Waals surface area contributed by atoms with Crippen LogP contribution in [0.4, 0.5) is 11.4 Å². The molecule has 0 saturated carbocycles. The Morgan fingerprint density at radius 1 is 1.35 bits per heavy atom. The molecule has 1 aliphatic rings. The van der Waals surface area contributed by atoms with Crippen LogP contribution in [0.1, 0.15) is 22.7 Å². The third-order valence-corrected chi connectivity index (χ3v) is 7.09. The molecule has 6 nitrogen and oxygen atoms in total. The number of nitrogens with zero attached hydrogens (tertiary/aromatic N) is 2. The number of pyridine rings is 1. The minimum absolute atomic E-state index is 0.0424. The second-order valence-electron chi connectivity index (χ2n) is 6.78. The predicted octanol–water partition coefficient (Wildman–Crippen LogP) is 5.32. The van der Waals surface area contributed by atoms with Gasteiger partial charge < -0.3 is 20.3 Å². The first-order valence-electron chi connectivity index (χ1n) is 9.32.